The first kappa shape index (κ1) is 14.8. The molecule has 1 saturated carbocycles. The summed E-state index contributed by atoms with van der Waals surface area (Å²) in [5.41, 5.74) is 0. The second kappa shape index (κ2) is 7.85. The van der Waals surface area contributed by atoms with Crippen LogP contribution in [0.25, 0.3) is 0 Å². The van der Waals surface area contributed by atoms with Crippen LogP contribution < -0.4 is 10.6 Å². The molecule has 4 nitrogen and oxygen atoms in total. The van der Waals surface area contributed by atoms with Gasteiger partial charge in [-0.1, -0.05) is 6.92 Å². The van der Waals surface area contributed by atoms with E-state index in [1.165, 1.54) is 58.2 Å². The monoisotopic (exact) mass is 267 g/mol. The van der Waals surface area contributed by atoms with Crippen molar-refractivity contribution < 1.29 is 4.79 Å². The van der Waals surface area contributed by atoms with Crippen molar-refractivity contribution in [3.8, 4) is 0 Å². The first-order valence-electron chi connectivity index (χ1n) is 8.03. The predicted octanol–water partition coefficient (Wildman–Crippen LogP) is 1.51. The van der Waals surface area contributed by atoms with E-state index in [2.05, 4.69) is 22.5 Å². The molecule has 0 radical (unpaired) electrons. The van der Waals surface area contributed by atoms with Crippen molar-refractivity contribution in [1.82, 2.24) is 15.5 Å². The van der Waals surface area contributed by atoms with Gasteiger partial charge in [0.15, 0.2) is 0 Å². The minimum atomic E-state index is 0.219. The lowest BCUT2D eigenvalue weighted by molar-refractivity contribution is -0.121. The molecule has 0 aromatic carbocycles. The minimum absolute atomic E-state index is 0.219. The highest BCUT2D eigenvalue weighted by molar-refractivity contribution is 5.76. The summed E-state index contributed by atoms with van der Waals surface area (Å²) in [5.74, 6) is 0.219. The van der Waals surface area contributed by atoms with Crippen LogP contribution >= 0.6 is 0 Å². The van der Waals surface area contributed by atoms with Crippen LogP contribution in [-0.4, -0.2) is 49.1 Å². The van der Waals surface area contributed by atoms with Crippen molar-refractivity contribution in [3.63, 3.8) is 0 Å². The molecule has 110 valence electrons. The van der Waals surface area contributed by atoms with Gasteiger partial charge in [0.05, 0.1) is 0 Å². The van der Waals surface area contributed by atoms with Crippen molar-refractivity contribution in [2.24, 2.45) is 0 Å². The average Bonchev–Trinajstić information content (AvgIpc) is 3.19. The second-order valence-electron chi connectivity index (χ2n) is 6.02. The molecule has 0 aromatic rings. The van der Waals surface area contributed by atoms with E-state index < -0.39 is 0 Å². The Morgan fingerprint density at radius 2 is 2.00 bits per heavy atom. The summed E-state index contributed by atoms with van der Waals surface area (Å²) in [6.45, 7) is 6.76. The minimum Gasteiger partial charge on any atom is -0.353 e. The van der Waals surface area contributed by atoms with Gasteiger partial charge in [0.2, 0.25) is 5.91 Å². The van der Waals surface area contributed by atoms with E-state index in [9.17, 15) is 4.79 Å². The third-order valence-corrected chi connectivity index (χ3v) is 4.09. The third-order valence-electron chi connectivity index (χ3n) is 4.09. The van der Waals surface area contributed by atoms with Gasteiger partial charge in [0.1, 0.15) is 0 Å². The Balaban J connectivity index is 1.56. The summed E-state index contributed by atoms with van der Waals surface area (Å²) in [6, 6.07) is 1.10. The summed E-state index contributed by atoms with van der Waals surface area (Å²) in [4.78, 5) is 14.2. The Morgan fingerprint density at radius 1 is 1.16 bits per heavy atom. The summed E-state index contributed by atoms with van der Waals surface area (Å²) < 4.78 is 0. The van der Waals surface area contributed by atoms with Gasteiger partial charge in [-0.15, -0.1) is 0 Å². The number of likely N-dealkylation sites (tertiary alicyclic amines) is 1. The number of hydrogen-bond donors (Lipinski definition) is 2. The molecular weight excluding hydrogens is 238 g/mol. The fourth-order valence-corrected chi connectivity index (χ4v) is 2.82. The van der Waals surface area contributed by atoms with Crippen LogP contribution in [0.4, 0.5) is 0 Å². The molecule has 4 heteroatoms. The Labute approximate surface area is 117 Å². The number of rotatable bonds is 7. The predicted molar refractivity (Wildman–Crippen MR) is 78.2 cm³/mol. The highest BCUT2D eigenvalue weighted by Crippen LogP contribution is 2.18. The van der Waals surface area contributed by atoms with Gasteiger partial charge in [-0.3, -0.25) is 4.79 Å². The Kier molecular flexibility index (Phi) is 6.11. The van der Waals surface area contributed by atoms with Crippen molar-refractivity contribution in [2.75, 3.05) is 26.2 Å². The maximum atomic E-state index is 11.6. The van der Waals surface area contributed by atoms with E-state index in [4.69, 9.17) is 0 Å². The van der Waals surface area contributed by atoms with E-state index in [1.54, 1.807) is 0 Å². The first-order chi connectivity index (χ1) is 9.28. The number of nitrogens with one attached hydrogen (secondary N) is 2. The van der Waals surface area contributed by atoms with Gasteiger partial charge < -0.3 is 15.5 Å². The summed E-state index contributed by atoms with van der Waals surface area (Å²) in [6.07, 6.45) is 8.00. The van der Waals surface area contributed by atoms with Crippen LogP contribution in [0.1, 0.15) is 51.9 Å². The second-order valence-corrected chi connectivity index (χ2v) is 6.02. The average molecular weight is 267 g/mol. The molecule has 2 fully saturated rings. The number of carbonyl (C=O) groups excluding carboxylic acids is 1. The fraction of sp³-hybridized carbons (Fsp3) is 0.933. The molecule has 0 aromatic heterocycles. The van der Waals surface area contributed by atoms with Crippen LogP contribution in [0.3, 0.4) is 0 Å². The molecule has 1 atom stereocenters. The van der Waals surface area contributed by atoms with Gasteiger partial charge in [-0.25, -0.2) is 0 Å². The molecular formula is C15H29N3O. The lowest BCUT2D eigenvalue weighted by Crippen LogP contribution is -2.35. The first-order valence-corrected chi connectivity index (χ1v) is 8.03. The van der Waals surface area contributed by atoms with E-state index in [0.717, 1.165) is 6.54 Å². The van der Waals surface area contributed by atoms with Crippen molar-refractivity contribution in [1.29, 1.82) is 0 Å². The molecule has 1 aliphatic heterocycles. The van der Waals surface area contributed by atoms with Gasteiger partial charge in [0.25, 0.3) is 0 Å². The molecule has 19 heavy (non-hydrogen) atoms. The highest BCUT2D eigenvalue weighted by atomic mass is 16.1. The Morgan fingerprint density at radius 3 is 2.74 bits per heavy atom. The van der Waals surface area contributed by atoms with Crippen LogP contribution in [0, 0.1) is 0 Å². The molecule has 1 saturated heterocycles. The van der Waals surface area contributed by atoms with Crippen LogP contribution in [0.5, 0.6) is 0 Å². The van der Waals surface area contributed by atoms with Gasteiger partial charge in [-0.05, 0) is 58.2 Å². The zero-order valence-electron chi connectivity index (χ0n) is 12.3. The zero-order chi connectivity index (χ0) is 13.5. The molecule has 0 bridgehead atoms. The van der Waals surface area contributed by atoms with Crippen molar-refractivity contribution in [2.45, 2.75) is 64.0 Å². The number of nitrogens with zero attached hydrogens (tertiary/aromatic N) is 1. The standard InChI is InChI=1S/C15H29N3O/c1-2-10-18-11-3-4-13(8-12-18)16-9-7-15(19)17-14-5-6-14/h13-14,16H,2-12H2,1H3,(H,17,19). The van der Waals surface area contributed by atoms with Crippen LogP contribution in [-0.2, 0) is 4.79 Å². The molecule has 1 unspecified atom stereocenters. The number of carbonyl (C=O) groups is 1. The van der Waals surface area contributed by atoms with E-state index >= 15 is 0 Å². The smallest absolute Gasteiger partial charge is 0.221 e. The summed E-state index contributed by atoms with van der Waals surface area (Å²) in [7, 11) is 0. The SMILES string of the molecule is CCCN1CCCC(NCCC(=O)NC2CC2)CC1. The van der Waals surface area contributed by atoms with E-state index in [0.29, 0.717) is 18.5 Å². The summed E-state index contributed by atoms with van der Waals surface area (Å²) >= 11 is 0. The molecule has 2 rings (SSSR count). The number of amides is 1. The maximum Gasteiger partial charge on any atom is 0.221 e. The Bertz CT molecular complexity index is 279. The topological polar surface area (TPSA) is 44.4 Å². The molecule has 1 heterocycles. The van der Waals surface area contributed by atoms with Crippen molar-refractivity contribution >= 4 is 5.91 Å². The molecule has 2 N–H and O–H groups in total. The lowest BCUT2D eigenvalue weighted by Gasteiger charge is -2.19. The highest BCUT2D eigenvalue weighted by Gasteiger charge is 2.23. The van der Waals surface area contributed by atoms with Crippen LogP contribution in [0.2, 0.25) is 0 Å². The normalized spacial score (nSPS) is 25.0. The van der Waals surface area contributed by atoms with Gasteiger partial charge >= 0.3 is 0 Å². The van der Waals surface area contributed by atoms with E-state index in [-0.39, 0.29) is 5.91 Å². The van der Waals surface area contributed by atoms with E-state index in [1.807, 2.05) is 0 Å². The van der Waals surface area contributed by atoms with Crippen molar-refractivity contribution in [3.05, 3.63) is 0 Å². The summed E-state index contributed by atoms with van der Waals surface area (Å²) in [5, 5.41) is 6.60. The zero-order valence-corrected chi connectivity index (χ0v) is 12.3. The molecule has 0 spiro atoms. The maximum absolute atomic E-state index is 11.6. The fourth-order valence-electron chi connectivity index (χ4n) is 2.82. The van der Waals surface area contributed by atoms with Gasteiger partial charge in [-0.2, -0.15) is 0 Å². The Hall–Kier alpha value is -0.610. The largest absolute Gasteiger partial charge is 0.353 e. The van der Waals surface area contributed by atoms with Crippen LogP contribution in [0.15, 0.2) is 0 Å². The number of hydrogen-bond acceptors (Lipinski definition) is 3. The quantitative estimate of drug-likeness (QED) is 0.735. The molecule has 1 amide bonds. The van der Waals surface area contributed by atoms with Gasteiger partial charge in [0, 0.05) is 25.0 Å². The third kappa shape index (κ3) is 5.91. The molecule has 1 aliphatic carbocycles. The molecule has 2 aliphatic rings. The lowest BCUT2D eigenvalue weighted by atomic mass is 10.1.